The molecule has 0 aliphatic rings. The summed E-state index contributed by atoms with van der Waals surface area (Å²) >= 11 is 0. The number of carboxylic acid groups (broad SMARTS) is 1. The molecule has 1 amide bonds. The predicted octanol–water partition coefficient (Wildman–Crippen LogP) is 2.63. The minimum absolute atomic E-state index is 0.128. The number of hydrogen-bond acceptors (Lipinski definition) is 6. The topological polar surface area (TPSA) is 119 Å². The highest BCUT2D eigenvalue weighted by atomic mass is 16.6. The molecule has 0 aliphatic carbocycles. The Balaban J connectivity index is 2.17. The van der Waals surface area contributed by atoms with Crippen LogP contribution in [0.25, 0.3) is 16.6 Å². The maximum Gasteiger partial charge on any atom is 0.414 e. The second-order valence-electron chi connectivity index (χ2n) is 6.49. The third-order valence-electron chi connectivity index (χ3n) is 3.36. The molecule has 0 saturated carbocycles. The molecule has 3 heterocycles. The number of amides is 1. The maximum atomic E-state index is 12.1. The standard InChI is InChI=1S/C16H17N5O4/c1-8-12-7-18-10-6-17-9(13(22)23)5-11(10)21(12)14(19-8)20-15(24)25-16(2,3)4/h5-7H,1-4H3,(H,22,23)(H,19,20,24). The van der Waals surface area contributed by atoms with Crippen LogP contribution in [0, 0.1) is 6.92 Å². The molecule has 0 spiro atoms. The zero-order valence-electron chi connectivity index (χ0n) is 14.2. The van der Waals surface area contributed by atoms with Crippen molar-refractivity contribution in [2.24, 2.45) is 0 Å². The van der Waals surface area contributed by atoms with Gasteiger partial charge in [-0.25, -0.2) is 19.6 Å². The molecule has 0 fully saturated rings. The first-order valence-corrected chi connectivity index (χ1v) is 7.53. The van der Waals surface area contributed by atoms with Gasteiger partial charge in [0.25, 0.3) is 0 Å². The Bertz CT molecular complexity index is 1000. The van der Waals surface area contributed by atoms with E-state index in [1.807, 2.05) is 0 Å². The van der Waals surface area contributed by atoms with E-state index in [0.29, 0.717) is 22.2 Å². The summed E-state index contributed by atoms with van der Waals surface area (Å²) in [5.74, 6) is -0.936. The summed E-state index contributed by atoms with van der Waals surface area (Å²) in [6.45, 7) is 7.03. The Labute approximate surface area is 142 Å². The zero-order valence-corrected chi connectivity index (χ0v) is 14.2. The van der Waals surface area contributed by atoms with E-state index in [0.717, 1.165) is 0 Å². The minimum Gasteiger partial charge on any atom is -0.477 e. The Morgan fingerprint density at radius 3 is 2.56 bits per heavy atom. The van der Waals surface area contributed by atoms with Crippen LogP contribution in [0.2, 0.25) is 0 Å². The number of fused-ring (bicyclic) bond motifs is 3. The van der Waals surface area contributed by atoms with Gasteiger partial charge in [-0.1, -0.05) is 0 Å². The van der Waals surface area contributed by atoms with Crippen molar-refractivity contribution in [3.8, 4) is 0 Å². The average molecular weight is 343 g/mol. The van der Waals surface area contributed by atoms with Crippen LogP contribution >= 0.6 is 0 Å². The lowest BCUT2D eigenvalue weighted by Gasteiger charge is -2.19. The Kier molecular flexibility index (Phi) is 3.78. The first-order valence-electron chi connectivity index (χ1n) is 7.53. The first kappa shape index (κ1) is 16.6. The van der Waals surface area contributed by atoms with E-state index < -0.39 is 17.7 Å². The van der Waals surface area contributed by atoms with Crippen molar-refractivity contribution in [2.75, 3.05) is 5.32 Å². The molecular formula is C16H17N5O4. The SMILES string of the molecule is Cc1nc(NC(=O)OC(C)(C)C)n2c1cnc1cnc(C(=O)O)cc12. The number of pyridine rings is 1. The maximum absolute atomic E-state index is 12.1. The highest BCUT2D eigenvalue weighted by Crippen LogP contribution is 2.23. The van der Waals surface area contributed by atoms with E-state index >= 15 is 0 Å². The number of nitrogens with one attached hydrogen (secondary N) is 1. The molecular weight excluding hydrogens is 326 g/mol. The van der Waals surface area contributed by atoms with Crippen molar-refractivity contribution in [3.05, 3.63) is 29.8 Å². The summed E-state index contributed by atoms with van der Waals surface area (Å²) in [5.41, 5.74) is 1.43. The summed E-state index contributed by atoms with van der Waals surface area (Å²) in [6, 6.07) is 1.39. The molecule has 9 nitrogen and oxygen atoms in total. The van der Waals surface area contributed by atoms with Gasteiger partial charge in [0.05, 0.1) is 29.1 Å². The van der Waals surface area contributed by atoms with Crippen LogP contribution in [0.5, 0.6) is 0 Å². The highest BCUT2D eigenvalue weighted by Gasteiger charge is 2.20. The number of aryl methyl sites for hydroxylation is 1. The third kappa shape index (κ3) is 3.21. The zero-order chi connectivity index (χ0) is 18.4. The normalized spacial score (nSPS) is 11.7. The fourth-order valence-electron chi connectivity index (χ4n) is 2.38. The fourth-order valence-corrected chi connectivity index (χ4v) is 2.38. The van der Waals surface area contributed by atoms with Gasteiger partial charge in [-0.2, -0.15) is 0 Å². The smallest absolute Gasteiger partial charge is 0.414 e. The molecule has 0 unspecified atom stereocenters. The van der Waals surface area contributed by atoms with E-state index in [9.17, 15) is 9.59 Å². The predicted molar refractivity (Wildman–Crippen MR) is 89.8 cm³/mol. The molecule has 0 radical (unpaired) electrons. The van der Waals surface area contributed by atoms with Crippen LogP contribution in [0.1, 0.15) is 37.0 Å². The molecule has 0 aliphatic heterocycles. The third-order valence-corrected chi connectivity index (χ3v) is 3.36. The number of nitrogens with zero attached hydrogens (tertiary/aromatic N) is 4. The molecule has 0 saturated heterocycles. The van der Waals surface area contributed by atoms with Crippen LogP contribution in [0.3, 0.4) is 0 Å². The van der Waals surface area contributed by atoms with Crippen LogP contribution in [-0.4, -0.2) is 42.1 Å². The van der Waals surface area contributed by atoms with Crippen LogP contribution in [-0.2, 0) is 4.74 Å². The Morgan fingerprint density at radius 1 is 1.20 bits per heavy atom. The number of carbonyl (C=O) groups excluding carboxylic acids is 1. The molecule has 0 aromatic carbocycles. The van der Waals surface area contributed by atoms with Crippen LogP contribution in [0.4, 0.5) is 10.7 Å². The second-order valence-corrected chi connectivity index (χ2v) is 6.49. The Hall–Kier alpha value is -3.23. The summed E-state index contributed by atoms with van der Waals surface area (Å²) in [7, 11) is 0. The summed E-state index contributed by atoms with van der Waals surface area (Å²) < 4.78 is 6.87. The number of aromatic carboxylic acids is 1. The summed E-state index contributed by atoms with van der Waals surface area (Å²) in [5, 5.41) is 11.8. The van der Waals surface area contributed by atoms with E-state index in [1.54, 1.807) is 38.3 Å². The molecule has 3 aromatic rings. The van der Waals surface area contributed by atoms with Crippen molar-refractivity contribution in [3.63, 3.8) is 0 Å². The number of aromatic nitrogens is 4. The van der Waals surface area contributed by atoms with Crippen LogP contribution < -0.4 is 5.32 Å². The van der Waals surface area contributed by atoms with E-state index in [1.165, 1.54) is 12.3 Å². The molecule has 0 atom stereocenters. The molecule has 25 heavy (non-hydrogen) atoms. The van der Waals surface area contributed by atoms with Gasteiger partial charge in [0.2, 0.25) is 5.95 Å². The number of ether oxygens (including phenoxy) is 1. The van der Waals surface area contributed by atoms with Gasteiger partial charge < -0.3 is 9.84 Å². The number of hydrogen-bond donors (Lipinski definition) is 2. The minimum atomic E-state index is -1.16. The van der Waals surface area contributed by atoms with E-state index in [4.69, 9.17) is 9.84 Å². The molecule has 130 valence electrons. The Morgan fingerprint density at radius 2 is 1.92 bits per heavy atom. The lowest BCUT2D eigenvalue weighted by molar-refractivity contribution is 0.0632. The molecule has 3 rings (SSSR count). The van der Waals surface area contributed by atoms with Gasteiger partial charge in [-0.15, -0.1) is 0 Å². The van der Waals surface area contributed by atoms with Gasteiger partial charge in [-0.05, 0) is 33.8 Å². The summed E-state index contributed by atoms with van der Waals surface area (Å²) in [6.07, 6.45) is 2.30. The molecule has 9 heteroatoms. The van der Waals surface area contributed by atoms with Crippen molar-refractivity contribution < 1.29 is 19.4 Å². The van der Waals surface area contributed by atoms with Crippen molar-refractivity contribution in [2.45, 2.75) is 33.3 Å². The quantitative estimate of drug-likeness (QED) is 0.734. The highest BCUT2D eigenvalue weighted by molar-refractivity contribution is 5.92. The molecule has 2 N–H and O–H groups in total. The van der Waals surface area contributed by atoms with Crippen LogP contribution in [0.15, 0.2) is 18.5 Å². The van der Waals surface area contributed by atoms with Crippen molar-refractivity contribution >= 4 is 34.6 Å². The average Bonchev–Trinajstić information content (AvgIpc) is 2.81. The molecule has 0 bridgehead atoms. The fraction of sp³-hybridized carbons (Fsp3) is 0.312. The van der Waals surface area contributed by atoms with Gasteiger partial charge >= 0.3 is 12.1 Å². The van der Waals surface area contributed by atoms with Gasteiger partial charge in [-0.3, -0.25) is 14.7 Å². The number of rotatable bonds is 2. The first-order chi connectivity index (χ1) is 11.7. The van der Waals surface area contributed by atoms with Gasteiger partial charge in [0.15, 0.2) is 0 Å². The lowest BCUT2D eigenvalue weighted by atomic mass is 10.2. The monoisotopic (exact) mass is 343 g/mol. The molecule has 3 aromatic heterocycles. The van der Waals surface area contributed by atoms with Crippen molar-refractivity contribution in [1.29, 1.82) is 0 Å². The largest absolute Gasteiger partial charge is 0.477 e. The van der Waals surface area contributed by atoms with E-state index in [2.05, 4.69) is 20.3 Å². The lowest BCUT2D eigenvalue weighted by Crippen LogP contribution is -2.27. The number of carboxylic acids is 1. The summed E-state index contributed by atoms with van der Waals surface area (Å²) in [4.78, 5) is 35.7. The number of anilines is 1. The van der Waals surface area contributed by atoms with Crippen molar-refractivity contribution in [1.82, 2.24) is 19.4 Å². The van der Waals surface area contributed by atoms with E-state index in [-0.39, 0.29) is 11.6 Å². The van der Waals surface area contributed by atoms with Gasteiger partial charge in [0.1, 0.15) is 16.8 Å². The second kappa shape index (κ2) is 5.69. The van der Waals surface area contributed by atoms with Gasteiger partial charge in [0, 0.05) is 0 Å². The number of carbonyl (C=O) groups is 2. The number of imidazole rings is 1.